The number of hydrogen-bond donors (Lipinski definition) is 2. The predicted octanol–water partition coefficient (Wildman–Crippen LogP) is 3.31. The maximum Gasteiger partial charge on any atom is 0.276 e. The van der Waals surface area contributed by atoms with Crippen LogP contribution in [0.3, 0.4) is 0 Å². The van der Waals surface area contributed by atoms with E-state index in [9.17, 15) is 9.18 Å². The van der Waals surface area contributed by atoms with E-state index in [2.05, 4.69) is 15.8 Å². The molecule has 2 rings (SSSR count). The molecule has 0 fully saturated rings. The highest BCUT2D eigenvalue weighted by molar-refractivity contribution is 6.30. The standard InChI is InChI=1S/C16H15ClFN3O/c1-11-8-12(2-7-15(11)18)9-20-21-16(22)10-19-14-5-3-13(17)4-6-14/h2-8,10,20H,9H2,1H3,(H,21,22). The summed E-state index contributed by atoms with van der Waals surface area (Å²) >= 11 is 5.76. The first-order valence-corrected chi connectivity index (χ1v) is 7.00. The van der Waals surface area contributed by atoms with Crippen molar-refractivity contribution in [1.29, 1.82) is 0 Å². The number of hydrazine groups is 1. The van der Waals surface area contributed by atoms with Gasteiger partial charge >= 0.3 is 0 Å². The first-order valence-electron chi connectivity index (χ1n) is 6.62. The van der Waals surface area contributed by atoms with Crippen molar-refractivity contribution in [3.8, 4) is 0 Å². The molecular formula is C16H15ClFN3O. The lowest BCUT2D eigenvalue weighted by atomic mass is 10.1. The van der Waals surface area contributed by atoms with Crippen molar-refractivity contribution in [3.63, 3.8) is 0 Å². The van der Waals surface area contributed by atoms with Crippen LogP contribution in [0.1, 0.15) is 11.1 Å². The van der Waals surface area contributed by atoms with E-state index in [1.54, 1.807) is 43.3 Å². The van der Waals surface area contributed by atoms with Crippen molar-refractivity contribution >= 4 is 29.4 Å². The molecule has 0 aliphatic heterocycles. The van der Waals surface area contributed by atoms with Crippen LogP contribution in [0.2, 0.25) is 5.02 Å². The van der Waals surface area contributed by atoms with Crippen LogP contribution in [-0.2, 0) is 11.3 Å². The molecular weight excluding hydrogens is 305 g/mol. The SMILES string of the molecule is Cc1cc(CNNC(=O)C=Nc2ccc(Cl)cc2)ccc1F. The summed E-state index contributed by atoms with van der Waals surface area (Å²) in [7, 11) is 0. The molecule has 2 N–H and O–H groups in total. The number of carbonyl (C=O) groups is 1. The minimum atomic E-state index is -0.381. The number of carbonyl (C=O) groups excluding carboxylic acids is 1. The second-order valence-electron chi connectivity index (χ2n) is 4.66. The fraction of sp³-hybridized carbons (Fsp3) is 0.125. The van der Waals surface area contributed by atoms with Gasteiger partial charge in [0.2, 0.25) is 0 Å². The molecule has 22 heavy (non-hydrogen) atoms. The monoisotopic (exact) mass is 319 g/mol. The van der Waals surface area contributed by atoms with Crippen LogP contribution in [0.15, 0.2) is 47.5 Å². The maximum atomic E-state index is 13.1. The molecule has 0 aromatic heterocycles. The summed E-state index contributed by atoms with van der Waals surface area (Å²) in [5, 5.41) is 0.611. The molecule has 0 atom stereocenters. The summed E-state index contributed by atoms with van der Waals surface area (Å²) in [5.74, 6) is -0.628. The van der Waals surface area contributed by atoms with Crippen LogP contribution in [0.25, 0.3) is 0 Å². The zero-order valence-corrected chi connectivity index (χ0v) is 12.7. The molecule has 0 bridgehead atoms. The average molecular weight is 320 g/mol. The predicted molar refractivity (Wildman–Crippen MR) is 85.7 cm³/mol. The summed E-state index contributed by atoms with van der Waals surface area (Å²) in [6.07, 6.45) is 1.17. The molecule has 2 aromatic carbocycles. The van der Waals surface area contributed by atoms with E-state index in [-0.39, 0.29) is 11.7 Å². The topological polar surface area (TPSA) is 53.5 Å². The van der Waals surface area contributed by atoms with E-state index in [1.165, 1.54) is 12.3 Å². The Kier molecular flexibility index (Phi) is 5.63. The number of rotatable bonds is 5. The van der Waals surface area contributed by atoms with Crippen molar-refractivity contribution in [2.45, 2.75) is 13.5 Å². The minimum absolute atomic E-state index is 0.247. The van der Waals surface area contributed by atoms with Crippen LogP contribution in [-0.4, -0.2) is 12.1 Å². The number of amides is 1. The molecule has 2 aromatic rings. The molecule has 0 aliphatic carbocycles. The number of halogens is 2. The van der Waals surface area contributed by atoms with Crippen LogP contribution >= 0.6 is 11.6 Å². The van der Waals surface area contributed by atoms with Crippen molar-refractivity contribution in [2.75, 3.05) is 0 Å². The van der Waals surface area contributed by atoms with Gasteiger partial charge in [0.1, 0.15) is 5.82 Å². The lowest BCUT2D eigenvalue weighted by molar-refractivity contribution is -0.115. The molecule has 0 radical (unpaired) electrons. The van der Waals surface area contributed by atoms with Gasteiger partial charge in [-0.2, -0.15) is 0 Å². The average Bonchev–Trinajstić information content (AvgIpc) is 2.50. The van der Waals surface area contributed by atoms with Crippen molar-refractivity contribution < 1.29 is 9.18 Å². The molecule has 0 saturated carbocycles. The molecule has 0 heterocycles. The highest BCUT2D eigenvalue weighted by atomic mass is 35.5. The molecule has 0 saturated heterocycles. The van der Waals surface area contributed by atoms with Gasteiger partial charge in [0.05, 0.1) is 11.9 Å². The molecule has 1 amide bonds. The number of aliphatic imine (C=N–C) groups is 1. The van der Waals surface area contributed by atoms with Gasteiger partial charge in [-0.3, -0.25) is 15.2 Å². The number of hydrogen-bond acceptors (Lipinski definition) is 3. The first kappa shape index (κ1) is 16.1. The summed E-state index contributed by atoms with van der Waals surface area (Å²) in [6, 6.07) is 11.6. The van der Waals surface area contributed by atoms with E-state index in [1.807, 2.05) is 0 Å². The van der Waals surface area contributed by atoms with Gasteiger partial charge in [0, 0.05) is 11.6 Å². The Labute approximate surface area is 133 Å². The Morgan fingerprint density at radius 2 is 2.00 bits per heavy atom. The van der Waals surface area contributed by atoms with Gasteiger partial charge in [-0.1, -0.05) is 23.7 Å². The van der Waals surface area contributed by atoms with Gasteiger partial charge in [-0.05, 0) is 48.4 Å². The Balaban J connectivity index is 1.80. The number of benzene rings is 2. The van der Waals surface area contributed by atoms with E-state index in [0.29, 0.717) is 22.8 Å². The Bertz CT molecular complexity index is 686. The quantitative estimate of drug-likeness (QED) is 0.656. The van der Waals surface area contributed by atoms with Crippen LogP contribution in [0, 0.1) is 12.7 Å². The summed E-state index contributed by atoms with van der Waals surface area (Å²) in [6.45, 7) is 2.08. The van der Waals surface area contributed by atoms with Crippen molar-refractivity contribution in [2.24, 2.45) is 4.99 Å². The first-order chi connectivity index (χ1) is 10.5. The zero-order chi connectivity index (χ0) is 15.9. The van der Waals surface area contributed by atoms with E-state index in [0.717, 1.165) is 5.56 Å². The molecule has 6 heteroatoms. The maximum absolute atomic E-state index is 13.1. The minimum Gasteiger partial charge on any atom is -0.286 e. The Morgan fingerprint density at radius 1 is 1.27 bits per heavy atom. The molecule has 0 unspecified atom stereocenters. The molecule has 0 aliphatic rings. The van der Waals surface area contributed by atoms with Crippen LogP contribution in [0.4, 0.5) is 10.1 Å². The van der Waals surface area contributed by atoms with Crippen molar-refractivity contribution in [3.05, 3.63) is 64.4 Å². The van der Waals surface area contributed by atoms with E-state index >= 15 is 0 Å². The molecule has 0 spiro atoms. The normalized spacial score (nSPS) is 10.9. The van der Waals surface area contributed by atoms with E-state index < -0.39 is 0 Å². The highest BCUT2D eigenvalue weighted by Gasteiger charge is 2.00. The second kappa shape index (κ2) is 7.68. The lowest BCUT2D eigenvalue weighted by Crippen LogP contribution is -2.37. The summed E-state index contributed by atoms with van der Waals surface area (Å²) in [5.41, 5.74) is 7.32. The molecule has 114 valence electrons. The van der Waals surface area contributed by atoms with Crippen LogP contribution in [0.5, 0.6) is 0 Å². The fourth-order valence-corrected chi connectivity index (χ4v) is 1.87. The summed E-state index contributed by atoms with van der Waals surface area (Å²) < 4.78 is 13.1. The van der Waals surface area contributed by atoms with Gasteiger partial charge in [0.25, 0.3) is 5.91 Å². The van der Waals surface area contributed by atoms with Gasteiger partial charge in [0.15, 0.2) is 0 Å². The number of nitrogens with one attached hydrogen (secondary N) is 2. The smallest absolute Gasteiger partial charge is 0.276 e. The number of nitrogens with zero attached hydrogens (tertiary/aromatic N) is 1. The lowest BCUT2D eigenvalue weighted by Gasteiger charge is -2.06. The Hall–Kier alpha value is -2.24. The number of aryl methyl sites for hydroxylation is 1. The van der Waals surface area contributed by atoms with Gasteiger partial charge in [-0.25, -0.2) is 9.82 Å². The third-order valence-electron chi connectivity index (χ3n) is 2.88. The fourth-order valence-electron chi connectivity index (χ4n) is 1.74. The summed E-state index contributed by atoms with van der Waals surface area (Å²) in [4.78, 5) is 15.6. The molecule has 4 nitrogen and oxygen atoms in total. The third kappa shape index (κ3) is 4.95. The van der Waals surface area contributed by atoms with Gasteiger partial charge in [-0.15, -0.1) is 0 Å². The third-order valence-corrected chi connectivity index (χ3v) is 3.14. The second-order valence-corrected chi connectivity index (χ2v) is 5.10. The van der Waals surface area contributed by atoms with Gasteiger partial charge < -0.3 is 0 Å². The van der Waals surface area contributed by atoms with E-state index in [4.69, 9.17) is 11.6 Å². The van der Waals surface area contributed by atoms with Crippen LogP contribution < -0.4 is 10.9 Å². The highest BCUT2D eigenvalue weighted by Crippen LogP contribution is 2.15. The Morgan fingerprint density at radius 3 is 2.68 bits per heavy atom. The van der Waals surface area contributed by atoms with Crippen molar-refractivity contribution in [1.82, 2.24) is 10.9 Å². The zero-order valence-electron chi connectivity index (χ0n) is 11.9. The largest absolute Gasteiger partial charge is 0.286 e.